The molecule has 25 heavy (non-hydrogen) atoms. The molecule has 1 aliphatic heterocycles. The van der Waals surface area contributed by atoms with Crippen LogP contribution in [0, 0.1) is 0 Å². The van der Waals surface area contributed by atoms with E-state index in [2.05, 4.69) is 53.9 Å². The van der Waals surface area contributed by atoms with E-state index in [9.17, 15) is 4.79 Å². The fourth-order valence-electron chi connectivity index (χ4n) is 3.61. The lowest BCUT2D eigenvalue weighted by Crippen LogP contribution is -2.45. The first-order valence-electron chi connectivity index (χ1n) is 8.97. The van der Waals surface area contributed by atoms with Crippen LogP contribution < -0.4 is 10.6 Å². The van der Waals surface area contributed by atoms with E-state index in [0.717, 1.165) is 24.9 Å². The zero-order chi connectivity index (χ0) is 17.6. The maximum Gasteiger partial charge on any atom is 0.237 e. The van der Waals surface area contributed by atoms with E-state index in [0.29, 0.717) is 0 Å². The molecule has 1 fully saturated rings. The van der Waals surface area contributed by atoms with Gasteiger partial charge in [0.1, 0.15) is 0 Å². The monoisotopic (exact) mass is 337 g/mol. The summed E-state index contributed by atoms with van der Waals surface area (Å²) in [7, 11) is 4.13. The van der Waals surface area contributed by atoms with Crippen molar-refractivity contribution in [3.05, 3.63) is 71.8 Å². The first kappa shape index (κ1) is 17.6. The summed E-state index contributed by atoms with van der Waals surface area (Å²) in [5.74, 6) is 0.0918. The lowest BCUT2D eigenvalue weighted by atomic mass is 9.92. The Morgan fingerprint density at radius 3 is 2.16 bits per heavy atom. The third-order valence-electron chi connectivity index (χ3n) is 4.85. The largest absolute Gasteiger partial charge is 0.346 e. The van der Waals surface area contributed by atoms with Crippen molar-refractivity contribution in [3.63, 3.8) is 0 Å². The minimum atomic E-state index is -0.103. The van der Waals surface area contributed by atoms with E-state index in [1.807, 2.05) is 36.4 Å². The predicted molar refractivity (Wildman–Crippen MR) is 101 cm³/mol. The van der Waals surface area contributed by atoms with Crippen LogP contribution in [0.4, 0.5) is 0 Å². The van der Waals surface area contributed by atoms with Gasteiger partial charge in [-0.15, -0.1) is 0 Å². The summed E-state index contributed by atoms with van der Waals surface area (Å²) in [5, 5.41) is 6.61. The molecular weight excluding hydrogens is 310 g/mol. The number of nitrogens with zero attached hydrogens (tertiary/aromatic N) is 1. The van der Waals surface area contributed by atoms with Gasteiger partial charge in [-0.2, -0.15) is 0 Å². The second-order valence-corrected chi connectivity index (χ2v) is 6.87. The molecule has 1 aliphatic rings. The Morgan fingerprint density at radius 2 is 1.64 bits per heavy atom. The lowest BCUT2D eigenvalue weighted by molar-refractivity contribution is -0.124. The summed E-state index contributed by atoms with van der Waals surface area (Å²) < 4.78 is 0. The maximum absolute atomic E-state index is 12.8. The SMILES string of the molecule is CN(C)[C@H](c1ccccc1)[C@H](NC(=O)[C@@H]1CCCN1)c1ccccc1. The Bertz CT molecular complexity index is 666. The quantitative estimate of drug-likeness (QED) is 0.852. The molecule has 2 N–H and O–H groups in total. The van der Waals surface area contributed by atoms with Crippen LogP contribution in [0.1, 0.15) is 36.1 Å². The summed E-state index contributed by atoms with van der Waals surface area (Å²) in [4.78, 5) is 15.0. The number of hydrogen-bond acceptors (Lipinski definition) is 3. The maximum atomic E-state index is 12.8. The van der Waals surface area contributed by atoms with Crippen LogP contribution in [-0.2, 0) is 4.79 Å². The zero-order valence-electron chi connectivity index (χ0n) is 15.0. The molecule has 2 aromatic rings. The van der Waals surface area contributed by atoms with Crippen LogP contribution in [0.5, 0.6) is 0 Å². The minimum Gasteiger partial charge on any atom is -0.346 e. The first-order chi connectivity index (χ1) is 12.2. The summed E-state index contributed by atoms with van der Waals surface area (Å²) >= 11 is 0. The second-order valence-electron chi connectivity index (χ2n) is 6.87. The van der Waals surface area contributed by atoms with Gasteiger partial charge in [-0.05, 0) is 44.6 Å². The van der Waals surface area contributed by atoms with Crippen molar-refractivity contribution in [2.75, 3.05) is 20.6 Å². The van der Waals surface area contributed by atoms with Gasteiger partial charge >= 0.3 is 0 Å². The molecule has 3 rings (SSSR count). The highest BCUT2D eigenvalue weighted by Crippen LogP contribution is 2.32. The zero-order valence-corrected chi connectivity index (χ0v) is 15.0. The number of rotatable bonds is 6. The van der Waals surface area contributed by atoms with Gasteiger partial charge in [-0.1, -0.05) is 60.7 Å². The van der Waals surface area contributed by atoms with Crippen molar-refractivity contribution < 1.29 is 4.79 Å². The van der Waals surface area contributed by atoms with Crippen LogP contribution in [0.15, 0.2) is 60.7 Å². The lowest BCUT2D eigenvalue weighted by Gasteiger charge is -2.34. The van der Waals surface area contributed by atoms with Crippen molar-refractivity contribution in [2.24, 2.45) is 0 Å². The molecule has 4 heteroatoms. The van der Waals surface area contributed by atoms with E-state index in [-0.39, 0.29) is 24.0 Å². The highest BCUT2D eigenvalue weighted by molar-refractivity contribution is 5.82. The van der Waals surface area contributed by atoms with Crippen LogP contribution in [-0.4, -0.2) is 37.5 Å². The van der Waals surface area contributed by atoms with Crippen molar-refractivity contribution in [2.45, 2.75) is 31.0 Å². The standard InChI is InChI=1S/C21H27N3O/c1-24(2)20(17-12-7-4-8-13-17)19(16-10-5-3-6-11-16)23-21(25)18-14-9-15-22-18/h3-8,10-13,18-20,22H,9,14-15H2,1-2H3,(H,23,25)/t18-,19+,20+/m0/s1. The molecule has 1 amide bonds. The van der Waals surface area contributed by atoms with Crippen LogP contribution in [0.3, 0.4) is 0 Å². The van der Waals surface area contributed by atoms with E-state index >= 15 is 0 Å². The van der Waals surface area contributed by atoms with Gasteiger partial charge in [0.2, 0.25) is 5.91 Å². The number of likely N-dealkylation sites (N-methyl/N-ethyl adjacent to an activating group) is 1. The predicted octanol–water partition coefficient (Wildman–Crippen LogP) is 2.90. The number of nitrogens with one attached hydrogen (secondary N) is 2. The fraction of sp³-hybridized carbons (Fsp3) is 0.381. The smallest absolute Gasteiger partial charge is 0.237 e. The summed E-state index contributed by atoms with van der Waals surface area (Å²) in [5.41, 5.74) is 2.32. The first-order valence-corrected chi connectivity index (χ1v) is 8.97. The highest BCUT2D eigenvalue weighted by atomic mass is 16.2. The molecule has 0 aromatic heterocycles. The average Bonchev–Trinajstić information content (AvgIpc) is 3.17. The normalized spacial score (nSPS) is 19.6. The fourth-order valence-corrected chi connectivity index (χ4v) is 3.61. The topological polar surface area (TPSA) is 44.4 Å². The number of amides is 1. The van der Waals surface area contributed by atoms with Crippen molar-refractivity contribution in [1.29, 1.82) is 0 Å². The summed E-state index contributed by atoms with van der Waals surface area (Å²) in [6.07, 6.45) is 1.97. The molecule has 0 aliphatic carbocycles. The molecule has 132 valence electrons. The molecule has 0 bridgehead atoms. The second kappa shape index (κ2) is 8.28. The number of carbonyl (C=O) groups is 1. The van der Waals surface area contributed by atoms with Gasteiger partial charge < -0.3 is 15.5 Å². The molecule has 4 nitrogen and oxygen atoms in total. The Hall–Kier alpha value is -2.17. The molecule has 0 saturated carbocycles. The third kappa shape index (κ3) is 4.27. The Balaban J connectivity index is 1.92. The average molecular weight is 337 g/mol. The molecule has 0 spiro atoms. The molecule has 3 atom stereocenters. The van der Waals surface area contributed by atoms with E-state index < -0.39 is 0 Å². The summed E-state index contributed by atoms with van der Waals surface area (Å²) in [6, 6.07) is 20.5. The molecule has 1 heterocycles. The molecule has 0 radical (unpaired) electrons. The van der Waals surface area contributed by atoms with Gasteiger partial charge in [0.15, 0.2) is 0 Å². The van der Waals surface area contributed by atoms with Gasteiger partial charge in [0, 0.05) is 0 Å². The molecule has 0 unspecified atom stereocenters. The Labute approximate surface area is 150 Å². The van der Waals surface area contributed by atoms with Crippen LogP contribution in [0.2, 0.25) is 0 Å². The van der Waals surface area contributed by atoms with Crippen LogP contribution in [0.25, 0.3) is 0 Å². The third-order valence-corrected chi connectivity index (χ3v) is 4.85. The van der Waals surface area contributed by atoms with Gasteiger partial charge in [-0.3, -0.25) is 4.79 Å². The van der Waals surface area contributed by atoms with Crippen molar-refractivity contribution >= 4 is 5.91 Å². The Morgan fingerprint density at radius 1 is 1.04 bits per heavy atom. The highest BCUT2D eigenvalue weighted by Gasteiger charge is 2.31. The number of carbonyl (C=O) groups excluding carboxylic acids is 1. The van der Waals surface area contributed by atoms with Gasteiger partial charge in [0.25, 0.3) is 0 Å². The molecule has 2 aromatic carbocycles. The number of benzene rings is 2. The van der Waals surface area contributed by atoms with E-state index in [1.165, 1.54) is 5.56 Å². The molecular formula is C21H27N3O. The van der Waals surface area contributed by atoms with E-state index in [4.69, 9.17) is 0 Å². The number of hydrogen-bond donors (Lipinski definition) is 2. The Kier molecular flexibility index (Phi) is 5.84. The van der Waals surface area contributed by atoms with Gasteiger partial charge in [0.05, 0.1) is 18.1 Å². The van der Waals surface area contributed by atoms with Crippen LogP contribution >= 0.6 is 0 Å². The molecule has 1 saturated heterocycles. The van der Waals surface area contributed by atoms with Crippen molar-refractivity contribution in [1.82, 2.24) is 15.5 Å². The van der Waals surface area contributed by atoms with Gasteiger partial charge in [-0.25, -0.2) is 0 Å². The van der Waals surface area contributed by atoms with E-state index in [1.54, 1.807) is 0 Å². The minimum absolute atomic E-state index is 0.0638. The van der Waals surface area contributed by atoms with Crippen molar-refractivity contribution in [3.8, 4) is 0 Å². The summed E-state index contributed by atoms with van der Waals surface area (Å²) in [6.45, 7) is 0.921.